The van der Waals surface area contributed by atoms with Crippen LogP contribution in [0.3, 0.4) is 0 Å². The van der Waals surface area contributed by atoms with Crippen LogP contribution in [0, 0.1) is 0 Å². The van der Waals surface area contributed by atoms with Gasteiger partial charge in [0.1, 0.15) is 6.61 Å². The molecule has 0 atom stereocenters. The topological polar surface area (TPSA) is 60.4 Å². The summed E-state index contributed by atoms with van der Waals surface area (Å²) < 4.78 is 30.6. The molecule has 0 spiro atoms. The van der Waals surface area contributed by atoms with E-state index in [1.165, 1.54) is 12.1 Å². The predicted molar refractivity (Wildman–Crippen MR) is 86.0 cm³/mol. The van der Waals surface area contributed by atoms with Gasteiger partial charge in [0.05, 0.1) is 9.79 Å². The van der Waals surface area contributed by atoms with Crippen molar-refractivity contribution in [3.05, 3.63) is 71.2 Å². The van der Waals surface area contributed by atoms with E-state index in [0.717, 1.165) is 10.5 Å². The summed E-state index contributed by atoms with van der Waals surface area (Å²) in [7, 11) is -3.55. The van der Waals surface area contributed by atoms with E-state index in [1.54, 1.807) is 36.4 Å². The van der Waals surface area contributed by atoms with Crippen LogP contribution in [0.1, 0.15) is 5.56 Å². The van der Waals surface area contributed by atoms with Crippen LogP contribution in [0.4, 0.5) is 0 Å². The molecule has 2 aromatic carbocycles. The van der Waals surface area contributed by atoms with Crippen molar-refractivity contribution in [3.63, 3.8) is 0 Å². The zero-order valence-electron chi connectivity index (χ0n) is 11.5. The first-order valence-corrected chi connectivity index (χ1v) is 8.60. The first-order chi connectivity index (χ1) is 10.4. The van der Waals surface area contributed by atoms with Gasteiger partial charge >= 0.3 is 5.97 Å². The molecule has 2 rings (SSSR count). The Morgan fingerprint density at radius 1 is 1.05 bits per heavy atom. The fraction of sp³-hybridized carbons (Fsp3) is 0.0625. The second kappa shape index (κ2) is 6.89. The highest BCUT2D eigenvalue weighted by molar-refractivity contribution is 9.10. The van der Waals surface area contributed by atoms with E-state index in [-0.39, 0.29) is 16.4 Å². The van der Waals surface area contributed by atoms with E-state index in [9.17, 15) is 13.2 Å². The van der Waals surface area contributed by atoms with Crippen molar-refractivity contribution in [2.75, 3.05) is 0 Å². The van der Waals surface area contributed by atoms with Crippen LogP contribution in [0.15, 0.2) is 75.4 Å². The van der Waals surface area contributed by atoms with E-state index < -0.39 is 15.8 Å². The van der Waals surface area contributed by atoms with E-state index in [1.807, 2.05) is 0 Å². The lowest BCUT2D eigenvalue weighted by Crippen LogP contribution is -2.03. The van der Waals surface area contributed by atoms with Gasteiger partial charge in [0.15, 0.2) is 0 Å². The first kappa shape index (κ1) is 16.5. The van der Waals surface area contributed by atoms with Crippen molar-refractivity contribution >= 4 is 31.7 Å². The molecular weight excluding hydrogens is 368 g/mol. The maximum absolute atomic E-state index is 12.5. The molecule has 0 aliphatic carbocycles. The van der Waals surface area contributed by atoms with E-state index in [2.05, 4.69) is 22.5 Å². The summed E-state index contributed by atoms with van der Waals surface area (Å²) in [5.74, 6) is -0.522. The van der Waals surface area contributed by atoms with Crippen LogP contribution >= 0.6 is 15.9 Å². The number of halogens is 1. The minimum Gasteiger partial charge on any atom is -0.458 e. The number of rotatable bonds is 5. The van der Waals surface area contributed by atoms with Crippen LogP contribution in [0.2, 0.25) is 0 Å². The van der Waals surface area contributed by atoms with Crippen LogP contribution in [0.5, 0.6) is 0 Å². The maximum atomic E-state index is 12.5. The van der Waals surface area contributed by atoms with Crippen LogP contribution in [-0.4, -0.2) is 14.4 Å². The molecule has 0 radical (unpaired) electrons. The average Bonchev–Trinajstić information content (AvgIpc) is 2.53. The van der Waals surface area contributed by atoms with Crippen LogP contribution < -0.4 is 0 Å². The molecule has 0 unspecified atom stereocenters. The van der Waals surface area contributed by atoms with Gasteiger partial charge in [0.25, 0.3) is 0 Å². The van der Waals surface area contributed by atoms with Gasteiger partial charge in [-0.25, -0.2) is 13.2 Å². The monoisotopic (exact) mass is 380 g/mol. The summed E-state index contributed by atoms with van der Waals surface area (Å²) in [5.41, 5.74) is 0.699. The second-order valence-electron chi connectivity index (χ2n) is 4.41. The Bertz CT molecular complexity index is 778. The fourth-order valence-electron chi connectivity index (χ4n) is 1.73. The quantitative estimate of drug-likeness (QED) is 0.588. The van der Waals surface area contributed by atoms with Crippen molar-refractivity contribution < 1.29 is 17.9 Å². The number of hydrogen-bond donors (Lipinski definition) is 0. The molecule has 114 valence electrons. The highest BCUT2D eigenvalue weighted by Gasteiger charge is 2.17. The highest BCUT2D eigenvalue weighted by Crippen LogP contribution is 2.23. The molecule has 0 aliphatic rings. The lowest BCUT2D eigenvalue weighted by molar-refractivity contribution is -0.138. The molecule has 0 aliphatic heterocycles. The molecule has 0 heterocycles. The van der Waals surface area contributed by atoms with Gasteiger partial charge in [-0.05, 0) is 42.0 Å². The lowest BCUT2D eigenvalue weighted by atomic mass is 10.2. The summed E-state index contributed by atoms with van der Waals surface area (Å²) in [4.78, 5) is 11.4. The Labute approximate surface area is 137 Å². The molecule has 0 aromatic heterocycles. The standard InChI is InChI=1S/C16H13BrO4S/c1-2-16(18)21-11-12-3-7-14(8-4-12)22(19,20)15-9-5-13(17)6-10-15/h2-10H,1,11H2. The van der Waals surface area contributed by atoms with Crippen LogP contribution in [0.25, 0.3) is 0 Å². The number of ether oxygens (including phenoxy) is 1. The fourth-order valence-corrected chi connectivity index (χ4v) is 3.25. The van der Waals surface area contributed by atoms with Gasteiger partial charge in [0, 0.05) is 10.5 Å². The molecular formula is C16H13BrO4S. The molecule has 4 nitrogen and oxygen atoms in total. The van der Waals surface area contributed by atoms with Crippen LogP contribution in [-0.2, 0) is 26.0 Å². The van der Waals surface area contributed by atoms with Gasteiger partial charge in [-0.15, -0.1) is 0 Å². The van der Waals surface area contributed by atoms with Gasteiger partial charge in [-0.2, -0.15) is 0 Å². The normalized spacial score (nSPS) is 11.0. The smallest absolute Gasteiger partial charge is 0.330 e. The Hall–Kier alpha value is -1.92. The Balaban J connectivity index is 2.20. The molecule has 0 amide bonds. The molecule has 0 saturated carbocycles. The minimum absolute atomic E-state index is 0.0729. The predicted octanol–water partition coefficient (Wildman–Crippen LogP) is 3.51. The van der Waals surface area contributed by atoms with Crippen molar-refractivity contribution in [2.45, 2.75) is 16.4 Å². The van der Waals surface area contributed by atoms with E-state index in [0.29, 0.717) is 5.56 Å². The summed E-state index contributed by atoms with van der Waals surface area (Å²) in [6.45, 7) is 3.37. The van der Waals surface area contributed by atoms with Gasteiger partial charge in [-0.3, -0.25) is 0 Å². The molecule has 22 heavy (non-hydrogen) atoms. The molecule has 0 bridgehead atoms. The number of carbonyl (C=O) groups excluding carboxylic acids is 1. The lowest BCUT2D eigenvalue weighted by Gasteiger charge is -2.06. The third-order valence-corrected chi connectivity index (χ3v) is 5.22. The van der Waals surface area contributed by atoms with Crippen molar-refractivity contribution in [3.8, 4) is 0 Å². The van der Waals surface area contributed by atoms with Gasteiger partial charge < -0.3 is 4.74 Å². The van der Waals surface area contributed by atoms with Crippen molar-refractivity contribution in [1.82, 2.24) is 0 Å². The van der Waals surface area contributed by atoms with Crippen molar-refractivity contribution in [2.24, 2.45) is 0 Å². The average molecular weight is 381 g/mol. The first-order valence-electron chi connectivity index (χ1n) is 6.32. The number of benzene rings is 2. The van der Waals surface area contributed by atoms with E-state index >= 15 is 0 Å². The number of esters is 1. The highest BCUT2D eigenvalue weighted by atomic mass is 79.9. The van der Waals surface area contributed by atoms with Crippen molar-refractivity contribution in [1.29, 1.82) is 0 Å². The second-order valence-corrected chi connectivity index (χ2v) is 7.28. The third-order valence-electron chi connectivity index (χ3n) is 2.91. The number of sulfone groups is 1. The summed E-state index contributed by atoms with van der Waals surface area (Å²) >= 11 is 3.27. The van der Waals surface area contributed by atoms with Gasteiger partial charge in [-0.1, -0.05) is 34.6 Å². The Morgan fingerprint density at radius 3 is 2.05 bits per heavy atom. The zero-order chi connectivity index (χ0) is 16.2. The van der Waals surface area contributed by atoms with E-state index in [4.69, 9.17) is 4.74 Å². The number of hydrogen-bond acceptors (Lipinski definition) is 4. The molecule has 2 aromatic rings. The molecule has 0 N–H and O–H groups in total. The molecule has 0 fully saturated rings. The Morgan fingerprint density at radius 2 is 1.55 bits per heavy atom. The van der Waals surface area contributed by atoms with Gasteiger partial charge in [0.2, 0.25) is 9.84 Å². The maximum Gasteiger partial charge on any atom is 0.330 e. The SMILES string of the molecule is C=CC(=O)OCc1ccc(S(=O)(=O)c2ccc(Br)cc2)cc1. The Kier molecular flexibility index (Phi) is 5.15. The summed E-state index contributed by atoms with van der Waals surface area (Å²) in [6.07, 6.45) is 1.08. The summed E-state index contributed by atoms with van der Waals surface area (Å²) in [5, 5.41) is 0. The third kappa shape index (κ3) is 3.84. The zero-order valence-corrected chi connectivity index (χ0v) is 13.9. The largest absolute Gasteiger partial charge is 0.458 e. The number of carbonyl (C=O) groups is 1. The molecule has 0 saturated heterocycles. The molecule has 6 heteroatoms. The minimum atomic E-state index is -3.55. The summed E-state index contributed by atoms with van der Waals surface area (Å²) in [6, 6.07) is 12.7.